The highest BCUT2D eigenvalue weighted by Gasteiger charge is 2.27. The van der Waals surface area contributed by atoms with Crippen LogP contribution in [0.2, 0.25) is 0 Å². The van der Waals surface area contributed by atoms with E-state index in [1.807, 2.05) is 13.8 Å². The number of nitrogens with zero attached hydrogens (tertiary/aromatic N) is 1. The van der Waals surface area contributed by atoms with Crippen LogP contribution in [-0.2, 0) is 4.79 Å². The van der Waals surface area contributed by atoms with Gasteiger partial charge in [-0.05, 0) is 5.92 Å². The van der Waals surface area contributed by atoms with E-state index >= 15 is 0 Å². The fourth-order valence-electron chi connectivity index (χ4n) is 0.893. The molecule has 0 fully saturated rings. The number of aliphatic imine (C=N–C) groups is 1. The summed E-state index contributed by atoms with van der Waals surface area (Å²) in [6, 6.07) is -0.208. The first-order chi connectivity index (χ1) is 4.61. The van der Waals surface area contributed by atoms with Crippen LogP contribution >= 0.6 is 0 Å². The lowest BCUT2D eigenvalue weighted by molar-refractivity contribution is -0.119. The number of hydrogen-bond donors (Lipinski definition) is 2. The van der Waals surface area contributed by atoms with Crippen molar-refractivity contribution in [3.05, 3.63) is 0 Å². The van der Waals surface area contributed by atoms with Crippen molar-refractivity contribution in [3.8, 4) is 0 Å². The van der Waals surface area contributed by atoms with Crippen LogP contribution in [0.15, 0.2) is 4.99 Å². The largest absolute Gasteiger partial charge is 0.370 e. The maximum Gasteiger partial charge on any atom is 0.271 e. The maximum absolute atomic E-state index is 10.9. The van der Waals surface area contributed by atoms with E-state index < -0.39 is 0 Å². The lowest BCUT2D eigenvalue weighted by Crippen LogP contribution is -2.39. The van der Waals surface area contributed by atoms with Gasteiger partial charge >= 0.3 is 0 Å². The number of nitrogens with one attached hydrogen (secondary N) is 1. The second kappa shape index (κ2) is 2.28. The molecule has 10 heavy (non-hydrogen) atoms. The van der Waals surface area contributed by atoms with Crippen molar-refractivity contribution in [2.24, 2.45) is 16.6 Å². The van der Waals surface area contributed by atoms with Gasteiger partial charge in [0.05, 0.1) is 0 Å². The molecule has 0 saturated carbocycles. The molecule has 0 aromatic carbocycles. The van der Waals surface area contributed by atoms with E-state index in [9.17, 15) is 4.79 Å². The van der Waals surface area contributed by atoms with Crippen molar-refractivity contribution in [2.75, 3.05) is 0 Å². The average molecular weight is 141 g/mol. The molecule has 4 heteroatoms. The summed E-state index contributed by atoms with van der Waals surface area (Å²) >= 11 is 0. The molecule has 0 spiro atoms. The van der Waals surface area contributed by atoms with E-state index in [1.54, 1.807) is 0 Å². The summed E-state index contributed by atoms with van der Waals surface area (Å²) < 4.78 is 0. The van der Waals surface area contributed by atoms with E-state index in [0.717, 1.165) is 0 Å². The van der Waals surface area contributed by atoms with Gasteiger partial charge in [0.1, 0.15) is 6.04 Å². The van der Waals surface area contributed by atoms with Gasteiger partial charge in [0, 0.05) is 0 Å². The minimum absolute atomic E-state index is 0.160. The quantitative estimate of drug-likeness (QED) is 0.515. The molecule has 0 aromatic rings. The number of guanidine groups is 1. The molecule has 3 N–H and O–H groups in total. The molecule has 1 aliphatic rings. The minimum atomic E-state index is -0.208. The Bertz CT molecular complexity index is 185. The van der Waals surface area contributed by atoms with Gasteiger partial charge in [-0.2, -0.15) is 4.99 Å². The maximum atomic E-state index is 10.9. The lowest BCUT2D eigenvalue weighted by Gasteiger charge is -2.11. The lowest BCUT2D eigenvalue weighted by atomic mass is 10.1. The van der Waals surface area contributed by atoms with Crippen molar-refractivity contribution in [1.82, 2.24) is 5.32 Å². The van der Waals surface area contributed by atoms with Crippen molar-refractivity contribution in [1.29, 1.82) is 0 Å². The van der Waals surface area contributed by atoms with Gasteiger partial charge in [0.2, 0.25) is 0 Å². The van der Waals surface area contributed by atoms with Crippen LogP contribution in [0.5, 0.6) is 0 Å². The highest BCUT2D eigenvalue weighted by atomic mass is 16.2. The van der Waals surface area contributed by atoms with Crippen LogP contribution in [0.25, 0.3) is 0 Å². The van der Waals surface area contributed by atoms with Crippen molar-refractivity contribution < 1.29 is 4.79 Å². The zero-order valence-corrected chi connectivity index (χ0v) is 6.09. The topological polar surface area (TPSA) is 67.5 Å². The van der Waals surface area contributed by atoms with Crippen molar-refractivity contribution in [2.45, 2.75) is 19.9 Å². The second-order valence-corrected chi connectivity index (χ2v) is 2.70. The second-order valence-electron chi connectivity index (χ2n) is 2.70. The minimum Gasteiger partial charge on any atom is -0.370 e. The standard InChI is InChI=1S/C6H11N3O/c1-3(2)4-5(10)9-6(7)8-4/h3-4H,1-2H3,(H3,7,8,9,10). The molecular weight excluding hydrogens is 130 g/mol. The third-order valence-electron chi connectivity index (χ3n) is 1.47. The van der Waals surface area contributed by atoms with Gasteiger partial charge in [0.15, 0.2) is 5.96 Å². The van der Waals surface area contributed by atoms with Crippen LogP contribution in [0, 0.1) is 5.92 Å². The monoisotopic (exact) mass is 141 g/mol. The molecular formula is C6H11N3O. The molecule has 56 valence electrons. The summed E-state index contributed by atoms with van der Waals surface area (Å²) in [5.41, 5.74) is 5.27. The molecule has 4 nitrogen and oxygen atoms in total. The van der Waals surface area contributed by atoms with Gasteiger partial charge in [-0.15, -0.1) is 0 Å². The Labute approximate surface area is 59.5 Å². The van der Waals surface area contributed by atoms with Crippen LogP contribution in [0.4, 0.5) is 0 Å². The van der Waals surface area contributed by atoms with Crippen LogP contribution in [-0.4, -0.2) is 17.9 Å². The van der Waals surface area contributed by atoms with Gasteiger partial charge in [-0.1, -0.05) is 13.8 Å². The Morgan fingerprint density at radius 1 is 1.70 bits per heavy atom. The first-order valence-corrected chi connectivity index (χ1v) is 3.26. The van der Waals surface area contributed by atoms with Gasteiger partial charge in [-0.3, -0.25) is 4.79 Å². The molecule has 0 radical (unpaired) electrons. The summed E-state index contributed by atoms with van der Waals surface area (Å²) in [5, 5.41) is 2.78. The number of rotatable bonds is 1. The summed E-state index contributed by atoms with van der Waals surface area (Å²) in [7, 11) is 0. The molecule has 0 bridgehead atoms. The normalized spacial score (nSPS) is 24.9. The first-order valence-electron chi connectivity index (χ1n) is 3.26. The molecule has 1 atom stereocenters. The van der Waals surface area contributed by atoms with Crippen molar-refractivity contribution in [3.63, 3.8) is 0 Å². The van der Waals surface area contributed by atoms with E-state index in [-0.39, 0.29) is 23.8 Å². The van der Waals surface area contributed by atoms with E-state index in [2.05, 4.69) is 10.3 Å². The van der Waals surface area contributed by atoms with E-state index in [1.165, 1.54) is 0 Å². The number of carbonyl (C=O) groups is 1. The Balaban J connectivity index is 2.64. The first kappa shape index (κ1) is 7.05. The predicted molar refractivity (Wildman–Crippen MR) is 38.4 cm³/mol. The predicted octanol–water partition coefficient (Wildman–Crippen LogP) is -0.544. The molecule has 0 saturated heterocycles. The molecule has 1 heterocycles. The Kier molecular flexibility index (Phi) is 1.61. The highest BCUT2D eigenvalue weighted by molar-refractivity contribution is 6.02. The Morgan fingerprint density at radius 2 is 2.30 bits per heavy atom. The number of nitrogens with two attached hydrogens (primary N) is 1. The molecule has 1 amide bonds. The Morgan fingerprint density at radius 3 is 2.50 bits per heavy atom. The SMILES string of the molecule is CC(C)C1NC(N)=NC1=O. The van der Waals surface area contributed by atoms with Gasteiger partial charge in [-0.25, -0.2) is 0 Å². The zero-order valence-electron chi connectivity index (χ0n) is 6.09. The fourth-order valence-corrected chi connectivity index (χ4v) is 0.893. The molecule has 0 aliphatic carbocycles. The average Bonchev–Trinajstić information content (AvgIpc) is 2.10. The zero-order chi connectivity index (χ0) is 7.72. The highest BCUT2D eigenvalue weighted by Crippen LogP contribution is 2.06. The third-order valence-corrected chi connectivity index (χ3v) is 1.47. The van der Waals surface area contributed by atoms with E-state index in [4.69, 9.17) is 5.73 Å². The smallest absolute Gasteiger partial charge is 0.271 e. The molecule has 1 rings (SSSR count). The van der Waals surface area contributed by atoms with Crippen molar-refractivity contribution >= 4 is 11.9 Å². The number of amides is 1. The fraction of sp³-hybridized carbons (Fsp3) is 0.667. The van der Waals surface area contributed by atoms with Crippen LogP contribution < -0.4 is 11.1 Å². The summed E-state index contributed by atoms with van der Waals surface area (Å²) in [6.07, 6.45) is 0. The van der Waals surface area contributed by atoms with Gasteiger partial charge in [0.25, 0.3) is 5.91 Å². The van der Waals surface area contributed by atoms with E-state index in [0.29, 0.717) is 0 Å². The van der Waals surface area contributed by atoms with Crippen LogP contribution in [0.3, 0.4) is 0 Å². The molecule has 1 aliphatic heterocycles. The number of carbonyl (C=O) groups excluding carboxylic acids is 1. The summed E-state index contributed by atoms with van der Waals surface area (Å²) in [4.78, 5) is 14.4. The summed E-state index contributed by atoms with van der Waals surface area (Å²) in [5.74, 6) is 0.327. The van der Waals surface area contributed by atoms with Crippen LogP contribution in [0.1, 0.15) is 13.8 Å². The number of hydrogen-bond acceptors (Lipinski definition) is 3. The Hall–Kier alpha value is -1.06. The van der Waals surface area contributed by atoms with Gasteiger partial charge < -0.3 is 11.1 Å². The third kappa shape index (κ3) is 1.10. The molecule has 0 aromatic heterocycles. The molecule has 1 unspecified atom stereocenters. The summed E-state index contributed by atoms with van der Waals surface area (Å²) in [6.45, 7) is 3.90.